The van der Waals surface area contributed by atoms with Crippen molar-refractivity contribution in [3.8, 4) is 5.69 Å². The van der Waals surface area contributed by atoms with E-state index < -0.39 is 0 Å². The molecule has 0 aliphatic carbocycles. The Morgan fingerprint density at radius 1 is 1.00 bits per heavy atom. The molecule has 0 atom stereocenters. The second-order valence-electron chi connectivity index (χ2n) is 7.00. The summed E-state index contributed by atoms with van der Waals surface area (Å²) in [4.78, 5) is 0. The summed E-state index contributed by atoms with van der Waals surface area (Å²) in [6, 6.07) is 18.6. The van der Waals surface area contributed by atoms with Crippen molar-refractivity contribution < 1.29 is 0 Å². The molecule has 1 heterocycles. The molecular weight excluding hydrogens is 362 g/mol. The third kappa shape index (κ3) is 3.54. The van der Waals surface area contributed by atoms with Crippen LogP contribution in [0.25, 0.3) is 5.69 Å². The van der Waals surface area contributed by atoms with Crippen LogP contribution in [0.1, 0.15) is 32.0 Å². The van der Waals surface area contributed by atoms with Crippen LogP contribution in [0.5, 0.6) is 0 Å². The molecular formula is C20H22BrN3. The van der Waals surface area contributed by atoms with Gasteiger partial charge in [-0.25, -0.2) is 4.68 Å². The molecule has 4 heteroatoms. The van der Waals surface area contributed by atoms with Crippen LogP contribution in [0.4, 0.5) is 11.5 Å². The molecule has 3 rings (SSSR count). The Balaban J connectivity index is 2.08. The fourth-order valence-electron chi connectivity index (χ4n) is 2.50. The molecule has 1 N–H and O–H groups in total. The molecule has 0 saturated carbocycles. The minimum Gasteiger partial charge on any atom is -0.340 e. The zero-order chi connectivity index (χ0) is 17.3. The van der Waals surface area contributed by atoms with Crippen LogP contribution in [-0.4, -0.2) is 9.78 Å². The van der Waals surface area contributed by atoms with E-state index in [0.717, 1.165) is 27.4 Å². The predicted octanol–water partition coefficient (Wildman–Crippen LogP) is 5.98. The maximum absolute atomic E-state index is 4.87. The van der Waals surface area contributed by atoms with Gasteiger partial charge in [-0.1, -0.05) is 54.9 Å². The van der Waals surface area contributed by atoms with Crippen LogP contribution in [0.2, 0.25) is 0 Å². The average molecular weight is 384 g/mol. The molecule has 0 unspecified atom stereocenters. The highest BCUT2D eigenvalue weighted by atomic mass is 79.9. The number of aromatic nitrogens is 2. The first-order valence-corrected chi connectivity index (χ1v) is 8.83. The lowest BCUT2D eigenvalue weighted by Crippen LogP contribution is -2.12. The molecule has 0 spiro atoms. The van der Waals surface area contributed by atoms with Gasteiger partial charge in [-0.3, -0.25) is 0 Å². The van der Waals surface area contributed by atoms with Gasteiger partial charge in [-0.05, 0) is 42.8 Å². The lowest BCUT2D eigenvalue weighted by atomic mass is 9.92. The van der Waals surface area contributed by atoms with E-state index >= 15 is 0 Å². The van der Waals surface area contributed by atoms with Gasteiger partial charge < -0.3 is 5.32 Å². The smallest absolute Gasteiger partial charge is 0.134 e. The number of nitrogens with one attached hydrogen (secondary N) is 1. The van der Waals surface area contributed by atoms with E-state index in [1.165, 1.54) is 5.56 Å². The maximum atomic E-state index is 4.87. The van der Waals surface area contributed by atoms with E-state index in [-0.39, 0.29) is 5.41 Å². The Kier molecular flexibility index (Phi) is 4.50. The first-order valence-electron chi connectivity index (χ1n) is 8.04. The van der Waals surface area contributed by atoms with Crippen molar-refractivity contribution in [2.75, 3.05) is 5.32 Å². The molecule has 0 aliphatic rings. The van der Waals surface area contributed by atoms with Gasteiger partial charge in [0.15, 0.2) is 0 Å². The molecule has 1 aromatic heterocycles. The molecule has 3 nitrogen and oxygen atoms in total. The van der Waals surface area contributed by atoms with Crippen LogP contribution in [-0.2, 0) is 5.41 Å². The molecule has 0 saturated heterocycles. The normalized spacial score (nSPS) is 11.5. The number of rotatable bonds is 3. The summed E-state index contributed by atoms with van der Waals surface area (Å²) in [7, 11) is 0. The molecule has 0 fully saturated rings. The van der Waals surface area contributed by atoms with Gasteiger partial charge in [0.05, 0.1) is 11.4 Å². The van der Waals surface area contributed by atoms with Gasteiger partial charge in [0.1, 0.15) is 5.82 Å². The highest BCUT2D eigenvalue weighted by Gasteiger charge is 2.21. The van der Waals surface area contributed by atoms with Crippen LogP contribution < -0.4 is 5.32 Å². The Morgan fingerprint density at radius 2 is 1.67 bits per heavy atom. The van der Waals surface area contributed by atoms with Gasteiger partial charge in [-0.2, -0.15) is 5.10 Å². The zero-order valence-corrected chi connectivity index (χ0v) is 16.1. The van der Waals surface area contributed by atoms with Crippen molar-refractivity contribution in [1.29, 1.82) is 0 Å². The number of halogens is 1. The third-order valence-electron chi connectivity index (χ3n) is 3.94. The summed E-state index contributed by atoms with van der Waals surface area (Å²) < 4.78 is 3.06. The van der Waals surface area contributed by atoms with Gasteiger partial charge in [0.25, 0.3) is 0 Å². The van der Waals surface area contributed by atoms with Crippen molar-refractivity contribution in [1.82, 2.24) is 9.78 Å². The molecule has 24 heavy (non-hydrogen) atoms. The second kappa shape index (κ2) is 6.44. The van der Waals surface area contributed by atoms with E-state index in [2.05, 4.69) is 85.3 Å². The number of nitrogens with zero attached hydrogens (tertiary/aromatic N) is 2. The Morgan fingerprint density at radius 3 is 2.29 bits per heavy atom. The van der Waals surface area contributed by atoms with E-state index in [0.29, 0.717) is 0 Å². The van der Waals surface area contributed by atoms with Crippen LogP contribution in [0.3, 0.4) is 0 Å². The summed E-state index contributed by atoms with van der Waals surface area (Å²) in [5.74, 6) is 0.969. The third-order valence-corrected chi connectivity index (χ3v) is 4.47. The average Bonchev–Trinajstić information content (AvgIpc) is 2.94. The minimum absolute atomic E-state index is 0.00984. The fourth-order valence-corrected chi connectivity index (χ4v) is 2.77. The van der Waals surface area contributed by atoms with Gasteiger partial charge in [0, 0.05) is 21.6 Å². The van der Waals surface area contributed by atoms with Crippen LogP contribution in [0.15, 0.2) is 59.1 Å². The summed E-state index contributed by atoms with van der Waals surface area (Å²) in [6.45, 7) is 8.65. The van der Waals surface area contributed by atoms with Crippen molar-refractivity contribution in [3.63, 3.8) is 0 Å². The molecule has 124 valence electrons. The van der Waals surface area contributed by atoms with Crippen LogP contribution in [0, 0.1) is 6.92 Å². The number of aryl methyl sites for hydroxylation is 1. The molecule has 0 bridgehead atoms. The van der Waals surface area contributed by atoms with Gasteiger partial charge in [-0.15, -0.1) is 0 Å². The summed E-state index contributed by atoms with van der Waals surface area (Å²) in [6.07, 6.45) is 0. The van der Waals surface area contributed by atoms with Crippen LogP contribution >= 0.6 is 15.9 Å². The second-order valence-corrected chi connectivity index (χ2v) is 7.91. The first kappa shape index (κ1) is 16.8. The lowest BCUT2D eigenvalue weighted by molar-refractivity contribution is 0.560. The van der Waals surface area contributed by atoms with Crippen molar-refractivity contribution in [2.45, 2.75) is 33.1 Å². The standard InChI is InChI=1S/C20H22BrN3/c1-14-7-5-6-8-17(14)24-19(13-18(23-24)20(2,3)4)22-16-11-9-15(21)10-12-16/h5-13,22H,1-4H3. The van der Waals surface area contributed by atoms with E-state index in [1.54, 1.807) is 0 Å². The van der Waals surface area contributed by atoms with E-state index in [9.17, 15) is 0 Å². The predicted molar refractivity (Wildman–Crippen MR) is 104 cm³/mol. The van der Waals surface area contributed by atoms with Crippen molar-refractivity contribution in [3.05, 3.63) is 70.3 Å². The molecule has 0 aliphatic heterocycles. The topological polar surface area (TPSA) is 29.9 Å². The van der Waals surface area contributed by atoms with E-state index in [1.807, 2.05) is 22.9 Å². The number of benzene rings is 2. The molecule has 2 aromatic carbocycles. The lowest BCUT2D eigenvalue weighted by Gasteiger charge is -2.14. The molecule has 0 radical (unpaired) electrons. The van der Waals surface area contributed by atoms with Crippen molar-refractivity contribution >= 4 is 27.4 Å². The maximum Gasteiger partial charge on any atom is 0.134 e. The number of para-hydroxylation sites is 1. The summed E-state index contributed by atoms with van der Waals surface area (Å²) >= 11 is 3.48. The molecule has 0 amide bonds. The number of hydrogen-bond acceptors (Lipinski definition) is 2. The minimum atomic E-state index is -0.00984. The highest BCUT2D eigenvalue weighted by molar-refractivity contribution is 9.10. The number of hydrogen-bond donors (Lipinski definition) is 1. The van der Waals surface area contributed by atoms with Gasteiger partial charge >= 0.3 is 0 Å². The number of anilines is 2. The van der Waals surface area contributed by atoms with Gasteiger partial charge in [0.2, 0.25) is 0 Å². The largest absolute Gasteiger partial charge is 0.340 e. The fraction of sp³-hybridized carbons (Fsp3) is 0.250. The Labute approximate surface area is 151 Å². The van der Waals surface area contributed by atoms with Crippen molar-refractivity contribution in [2.24, 2.45) is 0 Å². The SMILES string of the molecule is Cc1ccccc1-n1nc(C(C)(C)C)cc1Nc1ccc(Br)cc1. The first-order chi connectivity index (χ1) is 11.3. The summed E-state index contributed by atoms with van der Waals surface area (Å²) in [5.41, 5.74) is 4.37. The Bertz CT molecular complexity index is 842. The Hall–Kier alpha value is -2.07. The van der Waals surface area contributed by atoms with E-state index in [4.69, 9.17) is 5.10 Å². The summed E-state index contributed by atoms with van der Waals surface area (Å²) in [5, 5.41) is 8.37. The highest BCUT2D eigenvalue weighted by Crippen LogP contribution is 2.29. The molecule has 3 aromatic rings. The quantitative estimate of drug-likeness (QED) is 0.602. The monoisotopic (exact) mass is 383 g/mol. The zero-order valence-electron chi connectivity index (χ0n) is 14.5.